The summed E-state index contributed by atoms with van der Waals surface area (Å²) in [5, 5.41) is 31.4. The minimum absolute atomic E-state index is 0.0769. The van der Waals surface area contributed by atoms with Gasteiger partial charge in [-0.2, -0.15) is 0 Å². The maximum absolute atomic E-state index is 12.9. The lowest BCUT2D eigenvalue weighted by Crippen LogP contribution is -2.57. The van der Waals surface area contributed by atoms with Crippen LogP contribution in [0.25, 0.3) is 0 Å². The molecular weight excluding hydrogens is 418 g/mol. The molecule has 0 aliphatic carbocycles. The second kappa shape index (κ2) is 11.8. The molecule has 14 heteroatoms. The number of primary amides is 1. The van der Waals surface area contributed by atoms with Crippen molar-refractivity contribution in [2.45, 2.75) is 56.3 Å². The molecule has 4 unspecified atom stereocenters. The van der Waals surface area contributed by atoms with Gasteiger partial charge >= 0.3 is 11.9 Å². The number of likely N-dealkylation sites (tertiary alicyclic amines) is 1. The molecule has 1 fully saturated rings. The van der Waals surface area contributed by atoms with E-state index >= 15 is 0 Å². The van der Waals surface area contributed by atoms with Crippen molar-refractivity contribution in [2.75, 3.05) is 13.2 Å². The monoisotopic (exact) mass is 445 g/mol. The van der Waals surface area contributed by atoms with Crippen molar-refractivity contribution >= 4 is 35.6 Å². The number of carbonyl (C=O) groups is 6. The van der Waals surface area contributed by atoms with Crippen LogP contribution in [0, 0.1) is 0 Å². The molecule has 0 radical (unpaired) electrons. The average Bonchev–Trinajstić information content (AvgIpc) is 3.18. The molecule has 0 spiro atoms. The number of carbonyl (C=O) groups excluding carboxylic acids is 4. The van der Waals surface area contributed by atoms with Crippen LogP contribution in [0.5, 0.6) is 0 Å². The summed E-state index contributed by atoms with van der Waals surface area (Å²) >= 11 is 0. The maximum atomic E-state index is 12.9. The Balaban J connectivity index is 2.91. The van der Waals surface area contributed by atoms with Gasteiger partial charge in [0.1, 0.15) is 18.1 Å². The molecule has 0 aromatic carbocycles. The molecule has 4 amide bonds. The van der Waals surface area contributed by atoms with Crippen LogP contribution in [0.15, 0.2) is 0 Å². The van der Waals surface area contributed by atoms with Crippen molar-refractivity contribution in [1.29, 1.82) is 0 Å². The lowest BCUT2D eigenvalue weighted by atomic mass is 10.1. The Morgan fingerprint density at radius 1 is 1.06 bits per heavy atom. The summed E-state index contributed by atoms with van der Waals surface area (Å²) in [7, 11) is 0. The van der Waals surface area contributed by atoms with Crippen molar-refractivity contribution < 1.29 is 44.1 Å². The zero-order valence-corrected chi connectivity index (χ0v) is 16.7. The lowest BCUT2D eigenvalue weighted by molar-refractivity contribution is -0.147. The fraction of sp³-hybridized carbons (Fsp3) is 0.647. The zero-order valence-electron chi connectivity index (χ0n) is 16.7. The summed E-state index contributed by atoms with van der Waals surface area (Å²) < 4.78 is 0. The number of aliphatic carboxylic acids is 2. The number of hydrogen-bond acceptors (Lipinski definition) is 8. The molecule has 9 N–H and O–H groups in total. The number of carboxylic acids is 2. The summed E-state index contributed by atoms with van der Waals surface area (Å²) in [5.74, 6) is -6.09. The number of aliphatic hydroxyl groups is 1. The zero-order chi connectivity index (χ0) is 23.7. The van der Waals surface area contributed by atoms with Crippen LogP contribution in [0.2, 0.25) is 0 Å². The number of nitrogens with two attached hydrogens (primary N) is 2. The summed E-state index contributed by atoms with van der Waals surface area (Å²) in [6, 6.07) is -5.42. The number of nitrogens with one attached hydrogen (secondary N) is 2. The molecule has 1 rings (SSSR count). The van der Waals surface area contributed by atoms with Crippen LogP contribution in [0.1, 0.15) is 32.1 Å². The van der Waals surface area contributed by atoms with E-state index in [2.05, 4.69) is 10.6 Å². The van der Waals surface area contributed by atoms with Crippen molar-refractivity contribution in [1.82, 2.24) is 15.5 Å². The first-order chi connectivity index (χ1) is 14.5. The van der Waals surface area contributed by atoms with Gasteiger partial charge in [-0.3, -0.25) is 24.0 Å². The second-order valence-corrected chi connectivity index (χ2v) is 7.04. The van der Waals surface area contributed by atoms with Crippen LogP contribution in [0.3, 0.4) is 0 Å². The van der Waals surface area contributed by atoms with Crippen LogP contribution in [-0.4, -0.2) is 93.1 Å². The SMILES string of the molecule is NC(=O)CCC(N)C(=O)NC(CC(=O)O)C(=O)N1CCCC1C(=O)NC(CO)C(=O)O. The van der Waals surface area contributed by atoms with E-state index in [9.17, 15) is 28.8 Å². The number of rotatable bonds is 12. The fourth-order valence-corrected chi connectivity index (χ4v) is 3.04. The molecule has 0 saturated carbocycles. The van der Waals surface area contributed by atoms with E-state index in [1.165, 1.54) is 0 Å². The van der Waals surface area contributed by atoms with Crippen molar-refractivity contribution in [3.63, 3.8) is 0 Å². The van der Waals surface area contributed by atoms with Crippen molar-refractivity contribution in [2.24, 2.45) is 11.5 Å². The van der Waals surface area contributed by atoms with Crippen LogP contribution in [0.4, 0.5) is 0 Å². The standard InChI is InChI=1S/C17H27N5O9/c18-8(3-4-12(19)24)14(27)20-9(6-13(25)26)16(29)22-5-1-2-11(22)15(28)21-10(7-23)17(30)31/h8-11,23H,1-7,18H2,(H2,19,24)(H,20,27)(H,21,28)(H,25,26)(H,30,31). The van der Waals surface area contributed by atoms with Gasteiger partial charge in [0, 0.05) is 13.0 Å². The smallest absolute Gasteiger partial charge is 0.328 e. The summed E-state index contributed by atoms with van der Waals surface area (Å²) in [6.07, 6.45) is -0.516. The third-order valence-electron chi connectivity index (χ3n) is 4.67. The molecule has 1 heterocycles. The molecule has 174 valence electrons. The van der Waals surface area contributed by atoms with Gasteiger partial charge in [0.25, 0.3) is 0 Å². The first-order valence-corrected chi connectivity index (χ1v) is 9.48. The highest BCUT2D eigenvalue weighted by atomic mass is 16.4. The molecule has 1 saturated heterocycles. The van der Waals surface area contributed by atoms with Crippen molar-refractivity contribution in [3.05, 3.63) is 0 Å². The third kappa shape index (κ3) is 7.82. The van der Waals surface area contributed by atoms with E-state index in [0.717, 1.165) is 4.90 Å². The molecule has 1 aliphatic rings. The van der Waals surface area contributed by atoms with Gasteiger partial charge in [-0.05, 0) is 19.3 Å². The van der Waals surface area contributed by atoms with E-state index < -0.39 is 72.8 Å². The Morgan fingerprint density at radius 2 is 1.71 bits per heavy atom. The Bertz CT molecular complexity index is 729. The topological polar surface area (TPSA) is 242 Å². The summed E-state index contributed by atoms with van der Waals surface area (Å²) in [4.78, 5) is 71.6. The highest BCUT2D eigenvalue weighted by Crippen LogP contribution is 2.19. The Kier molecular flexibility index (Phi) is 9.82. The molecule has 0 aromatic heterocycles. The van der Waals surface area contributed by atoms with Crippen LogP contribution >= 0.6 is 0 Å². The molecule has 4 atom stereocenters. The van der Waals surface area contributed by atoms with Gasteiger partial charge in [-0.1, -0.05) is 0 Å². The first kappa shape index (κ1) is 25.8. The average molecular weight is 445 g/mol. The number of aliphatic hydroxyl groups excluding tert-OH is 1. The molecule has 31 heavy (non-hydrogen) atoms. The Hall–Kier alpha value is -3.26. The predicted molar refractivity (Wildman–Crippen MR) is 102 cm³/mol. The van der Waals surface area contributed by atoms with Gasteiger partial charge < -0.3 is 42.3 Å². The summed E-state index contributed by atoms with van der Waals surface area (Å²) in [6.45, 7) is -0.782. The highest BCUT2D eigenvalue weighted by Gasteiger charge is 2.39. The van der Waals surface area contributed by atoms with Gasteiger partial charge in [-0.15, -0.1) is 0 Å². The second-order valence-electron chi connectivity index (χ2n) is 7.04. The van der Waals surface area contributed by atoms with Gasteiger partial charge in [0.2, 0.25) is 23.6 Å². The highest BCUT2D eigenvalue weighted by molar-refractivity contribution is 5.96. The minimum atomic E-state index is -1.57. The van der Waals surface area contributed by atoms with E-state index in [0.29, 0.717) is 6.42 Å². The van der Waals surface area contributed by atoms with Gasteiger partial charge in [0.15, 0.2) is 0 Å². The quantitative estimate of drug-likeness (QED) is 0.154. The van der Waals surface area contributed by atoms with Gasteiger partial charge in [-0.25, -0.2) is 4.79 Å². The summed E-state index contributed by atoms with van der Waals surface area (Å²) in [5.41, 5.74) is 10.6. The molecule has 1 aliphatic heterocycles. The Labute approximate surface area is 176 Å². The normalized spacial score (nSPS) is 18.5. The van der Waals surface area contributed by atoms with Crippen molar-refractivity contribution in [3.8, 4) is 0 Å². The number of carboxylic acid groups (broad SMARTS) is 2. The third-order valence-corrected chi connectivity index (χ3v) is 4.67. The molecular formula is C17H27N5O9. The van der Waals surface area contributed by atoms with Gasteiger partial charge in [0.05, 0.1) is 19.1 Å². The fourth-order valence-electron chi connectivity index (χ4n) is 3.04. The molecule has 0 bridgehead atoms. The minimum Gasteiger partial charge on any atom is -0.481 e. The van der Waals surface area contributed by atoms with E-state index in [-0.39, 0.29) is 25.8 Å². The van der Waals surface area contributed by atoms with Crippen LogP contribution < -0.4 is 22.1 Å². The van der Waals surface area contributed by atoms with E-state index in [4.69, 9.17) is 26.8 Å². The lowest BCUT2D eigenvalue weighted by Gasteiger charge is -2.29. The predicted octanol–water partition coefficient (Wildman–Crippen LogP) is -3.91. The number of hydrogen-bond donors (Lipinski definition) is 7. The molecule has 0 aromatic rings. The largest absolute Gasteiger partial charge is 0.481 e. The molecule has 14 nitrogen and oxygen atoms in total. The van der Waals surface area contributed by atoms with E-state index in [1.807, 2.05) is 0 Å². The number of nitrogens with zero attached hydrogens (tertiary/aromatic N) is 1. The van der Waals surface area contributed by atoms with E-state index in [1.54, 1.807) is 0 Å². The van der Waals surface area contributed by atoms with Crippen LogP contribution in [-0.2, 0) is 28.8 Å². The first-order valence-electron chi connectivity index (χ1n) is 9.48. The Morgan fingerprint density at radius 3 is 2.23 bits per heavy atom. The maximum Gasteiger partial charge on any atom is 0.328 e. The number of amides is 4.